The van der Waals surface area contributed by atoms with Crippen LogP contribution in [0, 0.1) is 16.2 Å². The zero-order valence-electron chi connectivity index (χ0n) is 12.7. The first-order chi connectivity index (χ1) is 10.2. The fraction of sp³-hybridized carbons (Fsp3) is 0.600. The van der Waals surface area contributed by atoms with Crippen molar-refractivity contribution in [3.63, 3.8) is 0 Å². The molecular weight excluding hydrogens is 352 g/mol. The van der Waals surface area contributed by atoms with Gasteiger partial charge in [0, 0.05) is 11.5 Å². The minimum atomic E-state index is -1.44. The zero-order valence-corrected chi connectivity index (χ0v) is 14.3. The van der Waals surface area contributed by atoms with Crippen molar-refractivity contribution >= 4 is 21.6 Å². The van der Waals surface area contributed by atoms with E-state index in [2.05, 4.69) is 41.7 Å². The molecule has 6 nitrogen and oxygen atoms in total. The molecule has 0 amide bonds. The number of fused-ring (bicyclic) bond motifs is 3. The van der Waals surface area contributed by atoms with Crippen molar-refractivity contribution in [3.05, 3.63) is 27.1 Å². The van der Waals surface area contributed by atoms with Crippen molar-refractivity contribution in [1.82, 2.24) is 0 Å². The summed E-state index contributed by atoms with van der Waals surface area (Å²) in [7, 11) is 0. The molecule has 0 aromatic heterocycles. The molecule has 3 saturated heterocycles. The van der Waals surface area contributed by atoms with Crippen molar-refractivity contribution < 1.29 is 19.3 Å². The van der Waals surface area contributed by atoms with Gasteiger partial charge in [0.15, 0.2) is 4.98 Å². The second-order valence-electron chi connectivity index (χ2n) is 6.87. The second kappa shape index (κ2) is 4.90. The maximum absolute atomic E-state index is 9.92. The number of phenols is 1. The van der Waals surface area contributed by atoms with Crippen molar-refractivity contribution in [2.75, 3.05) is 19.8 Å². The van der Waals surface area contributed by atoms with E-state index in [4.69, 9.17) is 14.2 Å². The van der Waals surface area contributed by atoms with Gasteiger partial charge in [-0.1, -0.05) is 20.8 Å². The molecule has 118 valence electrons. The summed E-state index contributed by atoms with van der Waals surface area (Å²) in [6, 6.07) is 2.91. The Balaban J connectivity index is 2.00. The second-order valence-corrected chi connectivity index (χ2v) is 7.73. The van der Waals surface area contributed by atoms with Crippen LogP contribution in [0.25, 0.3) is 4.98 Å². The predicted octanol–water partition coefficient (Wildman–Crippen LogP) is 3.86. The van der Waals surface area contributed by atoms with Gasteiger partial charge < -0.3 is 19.3 Å². The Bertz CT molecular complexity index is 638. The minimum absolute atomic E-state index is 0.00851. The van der Waals surface area contributed by atoms with Crippen LogP contribution in [0.5, 0.6) is 5.75 Å². The fourth-order valence-electron chi connectivity index (χ4n) is 2.71. The molecule has 0 spiro atoms. The molecule has 0 radical (unpaired) electrons. The standard InChI is InChI=1S/C15H17BrN2O4/c1-13(2,3)14-6-20-15(21-7-14,22-8-14)9-4-12(19)10(16)5-11(9)18-17/h4-5H,6-8H2,1-3H3/p+1. The number of halogens is 1. The van der Waals surface area contributed by atoms with E-state index >= 15 is 0 Å². The first-order valence-corrected chi connectivity index (χ1v) is 7.82. The highest BCUT2D eigenvalue weighted by atomic mass is 79.9. The van der Waals surface area contributed by atoms with Crippen LogP contribution in [0.15, 0.2) is 16.6 Å². The Morgan fingerprint density at radius 2 is 1.73 bits per heavy atom. The molecule has 2 bridgehead atoms. The van der Waals surface area contributed by atoms with Crippen LogP contribution in [0.2, 0.25) is 0 Å². The van der Waals surface area contributed by atoms with Crippen LogP contribution in [-0.2, 0) is 20.2 Å². The molecule has 0 unspecified atom stereocenters. The van der Waals surface area contributed by atoms with Crippen LogP contribution in [0.4, 0.5) is 5.69 Å². The highest BCUT2D eigenvalue weighted by Crippen LogP contribution is 2.53. The summed E-state index contributed by atoms with van der Waals surface area (Å²) in [4.78, 5) is 3.24. The number of aromatic hydroxyl groups is 1. The molecule has 1 aromatic carbocycles. The number of nitrogens with zero attached hydrogens (tertiary/aromatic N) is 2. The topological polar surface area (TPSA) is 76.1 Å². The van der Waals surface area contributed by atoms with Crippen molar-refractivity contribution in [1.29, 1.82) is 5.39 Å². The van der Waals surface area contributed by atoms with Crippen molar-refractivity contribution in [2.24, 2.45) is 10.8 Å². The summed E-state index contributed by atoms with van der Waals surface area (Å²) >= 11 is 3.19. The number of ether oxygens (including phenoxy) is 3. The summed E-state index contributed by atoms with van der Waals surface area (Å²) in [5.74, 6) is -1.45. The number of hydrogen-bond donors (Lipinski definition) is 1. The number of benzene rings is 1. The number of phenolic OH excluding ortho intramolecular Hbond substituents is 1. The van der Waals surface area contributed by atoms with Gasteiger partial charge in [-0.2, -0.15) is 0 Å². The molecule has 0 aliphatic carbocycles. The summed E-state index contributed by atoms with van der Waals surface area (Å²) < 4.78 is 18.0. The Morgan fingerprint density at radius 1 is 1.18 bits per heavy atom. The normalized spacial score (nSPS) is 31.0. The molecule has 3 fully saturated rings. The van der Waals surface area contributed by atoms with Gasteiger partial charge >= 0.3 is 11.7 Å². The molecule has 7 heteroatoms. The highest BCUT2D eigenvalue weighted by molar-refractivity contribution is 9.10. The first kappa shape index (κ1) is 15.7. The monoisotopic (exact) mass is 369 g/mol. The highest BCUT2D eigenvalue weighted by Gasteiger charge is 2.60. The van der Waals surface area contributed by atoms with E-state index in [0.29, 0.717) is 29.9 Å². The van der Waals surface area contributed by atoms with Gasteiger partial charge in [0.25, 0.3) is 0 Å². The lowest BCUT2D eigenvalue weighted by Gasteiger charge is -2.56. The summed E-state index contributed by atoms with van der Waals surface area (Å²) in [5.41, 5.74) is 0.307. The average Bonchev–Trinajstić information content (AvgIpc) is 2.50. The molecule has 3 aliphatic rings. The molecule has 3 aliphatic heterocycles. The van der Waals surface area contributed by atoms with Gasteiger partial charge in [0.05, 0.1) is 30.4 Å². The van der Waals surface area contributed by atoms with Gasteiger partial charge in [-0.15, -0.1) is 0 Å². The van der Waals surface area contributed by atoms with E-state index in [0.717, 1.165) is 0 Å². The lowest BCUT2D eigenvalue weighted by Crippen LogP contribution is -2.62. The number of diazo groups is 1. The molecule has 22 heavy (non-hydrogen) atoms. The lowest BCUT2D eigenvalue weighted by atomic mass is 9.67. The zero-order chi connectivity index (χ0) is 16.2. The molecule has 0 atom stereocenters. The van der Waals surface area contributed by atoms with Crippen molar-refractivity contribution in [2.45, 2.75) is 26.7 Å². The Morgan fingerprint density at radius 3 is 2.18 bits per heavy atom. The third-order valence-corrected chi connectivity index (χ3v) is 5.34. The Hall–Kier alpha value is -1.20. The van der Waals surface area contributed by atoms with E-state index in [1.807, 2.05) is 0 Å². The molecule has 1 N–H and O–H groups in total. The molecule has 4 rings (SSSR count). The van der Waals surface area contributed by atoms with Gasteiger partial charge in [-0.05, 0) is 21.3 Å². The van der Waals surface area contributed by atoms with Crippen LogP contribution < -0.4 is 0 Å². The summed E-state index contributed by atoms with van der Waals surface area (Å²) in [6.07, 6.45) is 0. The van der Waals surface area contributed by atoms with Crippen LogP contribution in [0.3, 0.4) is 0 Å². The maximum atomic E-state index is 9.92. The smallest absolute Gasteiger partial charge is 0.397 e. The predicted molar refractivity (Wildman–Crippen MR) is 82.0 cm³/mol. The van der Waals surface area contributed by atoms with Gasteiger partial charge in [-0.3, -0.25) is 0 Å². The van der Waals surface area contributed by atoms with Gasteiger partial charge in [0.1, 0.15) is 11.3 Å². The van der Waals surface area contributed by atoms with E-state index in [1.54, 1.807) is 0 Å². The lowest BCUT2D eigenvalue weighted by molar-refractivity contribution is -0.489. The molecule has 0 saturated carbocycles. The first-order valence-electron chi connectivity index (χ1n) is 7.03. The SMILES string of the molecule is CC(C)(C)C12COC(c3cc(O)c(Br)cc3[N+]#N)(OC1)OC2. The fourth-order valence-corrected chi connectivity index (χ4v) is 3.04. The quantitative estimate of drug-likeness (QED) is 0.760. The largest absolute Gasteiger partial charge is 0.507 e. The van der Waals surface area contributed by atoms with E-state index in [1.165, 1.54) is 12.1 Å². The summed E-state index contributed by atoms with van der Waals surface area (Å²) in [5, 5.41) is 19.1. The number of rotatable bonds is 1. The minimum Gasteiger partial charge on any atom is -0.507 e. The van der Waals surface area contributed by atoms with Gasteiger partial charge in [0.2, 0.25) is 5.39 Å². The van der Waals surface area contributed by atoms with Crippen LogP contribution in [-0.4, -0.2) is 24.9 Å². The number of hydrogen-bond acceptors (Lipinski definition) is 5. The Kier molecular flexibility index (Phi) is 3.49. The van der Waals surface area contributed by atoms with E-state index in [9.17, 15) is 10.5 Å². The molecule has 3 heterocycles. The maximum Gasteiger partial charge on any atom is 0.397 e. The van der Waals surface area contributed by atoms with Crippen molar-refractivity contribution in [3.8, 4) is 5.75 Å². The van der Waals surface area contributed by atoms with Crippen LogP contribution >= 0.6 is 15.9 Å². The molecular formula is C15H18BrN2O4+. The third kappa shape index (κ3) is 2.14. The van der Waals surface area contributed by atoms with Crippen LogP contribution in [0.1, 0.15) is 26.3 Å². The van der Waals surface area contributed by atoms with E-state index < -0.39 is 5.97 Å². The molecule has 1 aromatic rings. The van der Waals surface area contributed by atoms with E-state index in [-0.39, 0.29) is 22.3 Å². The summed E-state index contributed by atoms with van der Waals surface area (Å²) in [6.45, 7) is 7.79. The third-order valence-electron chi connectivity index (χ3n) is 4.71. The average molecular weight is 370 g/mol. The Labute approximate surface area is 137 Å². The van der Waals surface area contributed by atoms with Gasteiger partial charge in [-0.25, -0.2) is 0 Å².